The van der Waals surface area contributed by atoms with Gasteiger partial charge in [-0.05, 0) is 73.5 Å². The van der Waals surface area contributed by atoms with Crippen molar-refractivity contribution in [3.63, 3.8) is 0 Å². The van der Waals surface area contributed by atoms with Crippen LogP contribution in [-0.2, 0) is 0 Å². The fourth-order valence-electron chi connectivity index (χ4n) is 7.43. The molecule has 5 heterocycles. The Bertz CT molecular complexity index is 2940. The number of aryl methyl sites for hydroxylation is 2. The van der Waals surface area contributed by atoms with Crippen LogP contribution in [0.2, 0.25) is 0 Å². The number of H-pyrrole nitrogens is 2. The number of rotatable bonds is 4. The van der Waals surface area contributed by atoms with E-state index in [1.165, 1.54) is 48.6 Å². The molecule has 3 aromatic heterocycles. The Kier molecular flexibility index (Phi) is 9.10. The Morgan fingerprint density at radius 1 is 0.300 bits per heavy atom. The first kappa shape index (κ1) is 38.3. The van der Waals surface area contributed by atoms with Gasteiger partial charge in [-0.2, -0.15) is 0 Å². The Morgan fingerprint density at radius 3 is 0.850 bits per heavy atom. The van der Waals surface area contributed by atoms with Gasteiger partial charge in [-0.1, -0.05) is 59.7 Å². The van der Waals surface area contributed by atoms with Gasteiger partial charge in [-0.25, -0.2) is 53.9 Å². The normalized spacial score (nSPS) is 12.2. The van der Waals surface area contributed by atoms with Crippen LogP contribution in [0, 0.1) is 72.0 Å². The molecule has 0 aliphatic carbocycles. The Labute approximate surface area is 332 Å². The van der Waals surface area contributed by atoms with Gasteiger partial charge in [0.2, 0.25) is 11.6 Å². The lowest BCUT2D eigenvalue weighted by Gasteiger charge is -2.10. The maximum absolute atomic E-state index is 15.8. The van der Waals surface area contributed by atoms with Crippen LogP contribution >= 0.6 is 0 Å². The topological polar surface area (TPSA) is 57.4 Å². The van der Waals surface area contributed by atoms with E-state index in [0.29, 0.717) is 11.1 Å². The standard InChI is InChI=1S/C46H24F10N4/c1-19-3-7-21(8-4-19)31-23-11-15-27(57-23)33(35-37(47)41(51)45(55)42(52)38(35)48)29-17-13-25(59-29)32(22-9-5-20(2)6-10-22)26-14-18-30(60-26)34(28-16-12-24(31)58-28)36-39(49)43(53)46(56)44(54)40(36)50/h3-18,57,60H,1-2H3. The van der Waals surface area contributed by atoms with Crippen molar-refractivity contribution in [1.82, 2.24) is 19.9 Å². The molecule has 7 aromatic rings. The summed E-state index contributed by atoms with van der Waals surface area (Å²) in [5, 5.41) is 0. The average molecular weight is 823 g/mol. The molecule has 4 nitrogen and oxygen atoms in total. The van der Waals surface area contributed by atoms with E-state index in [4.69, 9.17) is 0 Å². The van der Waals surface area contributed by atoms with Gasteiger partial charge in [0.05, 0.1) is 33.9 Å². The molecule has 0 radical (unpaired) electrons. The third-order valence-corrected chi connectivity index (χ3v) is 10.4. The van der Waals surface area contributed by atoms with Crippen molar-refractivity contribution in [3.8, 4) is 44.5 Å². The number of aromatic nitrogens is 4. The highest BCUT2D eigenvalue weighted by atomic mass is 19.2. The van der Waals surface area contributed by atoms with Gasteiger partial charge in [-0.3, -0.25) is 0 Å². The molecule has 14 heteroatoms. The molecule has 298 valence electrons. The minimum absolute atomic E-state index is 0.0981. The van der Waals surface area contributed by atoms with Gasteiger partial charge in [0, 0.05) is 44.3 Å². The number of fused-ring (bicyclic) bond motifs is 8. The van der Waals surface area contributed by atoms with E-state index in [2.05, 4.69) is 19.9 Å². The van der Waals surface area contributed by atoms with E-state index in [1.54, 1.807) is 48.5 Å². The molecule has 0 amide bonds. The molecule has 0 spiro atoms. The molecule has 4 aromatic carbocycles. The molecular weight excluding hydrogens is 799 g/mol. The lowest BCUT2D eigenvalue weighted by Crippen LogP contribution is -2.05. The van der Waals surface area contributed by atoms with Crippen molar-refractivity contribution in [2.24, 2.45) is 0 Å². The van der Waals surface area contributed by atoms with E-state index in [9.17, 15) is 26.3 Å². The number of aromatic amines is 2. The summed E-state index contributed by atoms with van der Waals surface area (Å²) in [4.78, 5) is 15.4. The summed E-state index contributed by atoms with van der Waals surface area (Å²) in [5.74, 6) is -21.8. The lowest BCUT2D eigenvalue weighted by atomic mass is 10.0. The first-order valence-electron chi connectivity index (χ1n) is 18.1. The highest BCUT2D eigenvalue weighted by molar-refractivity contribution is 6.00. The summed E-state index contributed by atoms with van der Waals surface area (Å²) in [6.45, 7) is 3.65. The molecule has 60 heavy (non-hydrogen) atoms. The zero-order valence-corrected chi connectivity index (χ0v) is 30.9. The number of benzene rings is 4. The van der Waals surface area contributed by atoms with Gasteiger partial charge in [-0.15, -0.1) is 0 Å². The van der Waals surface area contributed by atoms with Crippen molar-refractivity contribution < 1.29 is 43.9 Å². The Balaban J connectivity index is 1.53. The first-order chi connectivity index (χ1) is 28.7. The van der Waals surface area contributed by atoms with Crippen LogP contribution in [0.1, 0.15) is 33.9 Å². The number of hydrogen-bond donors (Lipinski definition) is 2. The zero-order valence-electron chi connectivity index (χ0n) is 30.9. The van der Waals surface area contributed by atoms with Crippen molar-refractivity contribution in [2.75, 3.05) is 0 Å². The van der Waals surface area contributed by atoms with Crippen molar-refractivity contribution in [1.29, 1.82) is 0 Å². The van der Waals surface area contributed by atoms with Crippen LogP contribution in [0.15, 0.2) is 72.8 Å². The van der Waals surface area contributed by atoms with E-state index in [1.807, 2.05) is 13.8 Å². The fraction of sp³-hybridized carbons (Fsp3) is 0.0435. The average Bonchev–Trinajstić information content (AvgIpc) is 4.09. The second-order valence-electron chi connectivity index (χ2n) is 14.1. The molecule has 2 aliphatic heterocycles. The lowest BCUT2D eigenvalue weighted by molar-refractivity contribution is 0.381. The first-order valence-corrected chi connectivity index (χ1v) is 18.1. The number of nitrogens with zero attached hydrogens (tertiary/aromatic N) is 2. The van der Waals surface area contributed by atoms with Crippen molar-refractivity contribution >= 4 is 46.4 Å². The summed E-state index contributed by atoms with van der Waals surface area (Å²) in [6.07, 6.45) is 5.51. The quantitative estimate of drug-likeness (QED) is 0.106. The second kappa shape index (κ2) is 14.3. The van der Waals surface area contributed by atoms with E-state index in [0.717, 1.165) is 11.1 Å². The van der Waals surface area contributed by atoms with Gasteiger partial charge in [0.25, 0.3) is 0 Å². The van der Waals surface area contributed by atoms with E-state index >= 15 is 17.6 Å². The molecule has 9 rings (SSSR count). The van der Waals surface area contributed by atoms with Crippen molar-refractivity contribution in [2.45, 2.75) is 13.8 Å². The second-order valence-corrected chi connectivity index (χ2v) is 14.1. The van der Waals surface area contributed by atoms with Crippen molar-refractivity contribution in [3.05, 3.63) is 165 Å². The zero-order chi connectivity index (χ0) is 42.3. The van der Waals surface area contributed by atoms with E-state index in [-0.39, 0.29) is 56.0 Å². The molecule has 0 atom stereocenters. The third kappa shape index (κ3) is 6.00. The number of hydrogen-bond acceptors (Lipinski definition) is 2. The monoisotopic (exact) mass is 822 g/mol. The molecule has 0 fully saturated rings. The van der Waals surface area contributed by atoms with Crippen LogP contribution in [0.5, 0.6) is 0 Å². The van der Waals surface area contributed by atoms with E-state index < -0.39 is 80.4 Å². The van der Waals surface area contributed by atoms with Crippen LogP contribution in [0.3, 0.4) is 0 Å². The van der Waals surface area contributed by atoms with Crippen LogP contribution in [0.4, 0.5) is 43.9 Å². The summed E-state index contributed by atoms with van der Waals surface area (Å²) in [7, 11) is 0. The number of nitrogens with one attached hydrogen (secondary N) is 2. The molecule has 2 aliphatic rings. The largest absolute Gasteiger partial charge is 0.354 e. The van der Waals surface area contributed by atoms with Gasteiger partial charge in [0.1, 0.15) is 0 Å². The summed E-state index contributed by atoms with van der Waals surface area (Å²) in [6, 6.07) is 19.4. The van der Waals surface area contributed by atoms with Gasteiger partial charge >= 0.3 is 0 Å². The maximum Gasteiger partial charge on any atom is 0.200 e. The van der Waals surface area contributed by atoms with Gasteiger partial charge < -0.3 is 9.97 Å². The molecule has 8 bridgehead atoms. The summed E-state index contributed by atoms with van der Waals surface area (Å²) >= 11 is 0. The highest BCUT2D eigenvalue weighted by Crippen LogP contribution is 2.42. The maximum atomic E-state index is 15.8. The molecule has 0 unspecified atom stereocenters. The minimum atomic E-state index is -2.35. The van der Waals surface area contributed by atoms with Gasteiger partial charge in [0.15, 0.2) is 46.5 Å². The van der Waals surface area contributed by atoms with Crippen LogP contribution in [0.25, 0.3) is 90.9 Å². The number of halogens is 10. The molecule has 0 saturated heterocycles. The Hall–Kier alpha value is -7.22. The fourth-order valence-corrected chi connectivity index (χ4v) is 7.43. The summed E-state index contributed by atoms with van der Waals surface area (Å²) < 4.78 is 152. The molecular formula is C46H24F10N4. The third-order valence-electron chi connectivity index (χ3n) is 10.4. The molecule has 2 N–H and O–H groups in total. The smallest absolute Gasteiger partial charge is 0.200 e. The summed E-state index contributed by atoms with van der Waals surface area (Å²) in [5.41, 5.74) is -0.410. The van der Waals surface area contributed by atoms with Crippen LogP contribution < -0.4 is 0 Å². The predicted molar refractivity (Wildman–Crippen MR) is 210 cm³/mol. The highest BCUT2D eigenvalue weighted by Gasteiger charge is 2.31. The Morgan fingerprint density at radius 2 is 0.550 bits per heavy atom. The SMILES string of the molecule is Cc1ccc(-c2c3nc(c(-c4c(F)c(F)c(F)c(F)c4F)c4ccc([nH]4)c(-c4ccc(C)cc4)c4nc(c(-c5c(F)c(F)c(F)c(F)c5F)c5ccc2[nH]5)C=C4)C=C3)cc1. The predicted octanol–water partition coefficient (Wildman–Crippen LogP) is 13.3. The minimum Gasteiger partial charge on any atom is -0.354 e. The molecule has 0 saturated carbocycles. The van der Waals surface area contributed by atoms with Crippen LogP contribution in [-0.4, -0.2) is 19.9 Å².